The number of hydrazine groups is 1. The summed E-state index contributed by atoms with van der Waals surface area (Å²) in [6.45, 7) is 4.47. The zero-order valence-electron chi connectivity index (χ0n) is 7.32. The van der Waals surface area contributed by atoms with Gasteiger partial charge in [0.05, 0.1) is 0 Å². The topological polar surface area (TPSA) is 111 Å². The van der Waals surface area contributed by atoms with Crippen LogP contribution in [0, 0.1) is 5.92 Å². The Balaban J connectivity index is 4.09. The molecule has 6 nitrogen and oxygen atoms in total. The average Bonchev–Trinajstić information content (AvgIpc) is 1.84. The maximum absolute atomic E-state index is 10.3. The van der Waals surface area contributed by atoms with Crippen LogP contribution in [0.1, 0.15) is 13.8 Å². The number of aliphatic imine (C=N–C) groups is 1. The molecule has 12 heavy (non-hydrogen) atoms. The Kier molecular flexibility index (Phi) is 4.06. The van der Waals surface area contributed by atoms with E-state index >= 15 is 0 Å². The highest BCUT2D eigenvalue weighted by Crippen LogP contribution is 1.92. The van der Waals surface area contributed by atoms with Crippen LogP contribution in [-0.2, 0) is 0 Å². The van der Waals surface area contributed by atoms with E-state index in [0.29, 0.717) is 12.5 Å². The van der Waals surface area contributed by atoms with Gasteiger partial charge in [0.15, 0.2) is 0 Å². The van der Waals surface area contributed by atoms with Crippen LogP contribution < -0.4 is 17.3 Å². The second-order valence-electron chi connectivity index (χ2n) is 2.85. The largest absolute Gasteiger partial charge is 0.368 e. The Bertz CT molecular complexity index is 188. The summed E-state index contributed by atoms with van der Waals surface area (Å²) in [6.07, 6.45) is 0. The number of hydrogen-bond donors (Lipinski definition) is 3. The smallest absolute Gasteiger partial charge is 0.341 e. The first-order valence-electron chi connectivity index (χ1n) is 3.59. The lowest BCUT2D eigenvalue weighted by molar-refractivity contribution is 0.256. The molecular formula is C6H15N5O. The minimum absolute atomic E-state index is 0.0591. The standard InChI is InChI=1S/C6H15N5O/c1-4(2)3-11(9)5(7)10-6(8)12/h4H,3,9H2,1-2H3,(H4,7,8,10,12). The molecule has 0 rings (SSSR count). The summed E-state index contributed by atoms with van der Waals surface area (Å²) in [5, 5.41) is 1.19. The summed E-state index contributed by atoms with van der Waals surface area (Å²) in [5.74, 6) is 5.72. The van der Waals surface area contributed by atoms with Gasteiger partial charge in [-0.1, -0.05) is 13.8 Å². The van der Waals surface area contributed by atoms with E-state index in [4.69, 9.17) is 17.3 Å². The zero-order valence-corrected chi connectivity index (χ0v) is 7.32. The molecule has 0 saturated carbocycles. The van der Waals surface area contributed by atoms with Crippen molar-refractivity contribution in [2.45, 2.75) is 13.8 Å². The van der Waals surface area contributed by atoms with Crippen LogP contribution in [0.25, 0.3) is 0 Å². The van der Waals surface area contributed by atoms with Crippen LogP contribution in [0.5, 0.6) is 0 Å². The highest BCUT2D eigenvalue weighted by Gasteiger charge is 2.05. The van der Waals surface area contributed by atoms with Gasteiger partial charge in [0.2, 0.25) is 5.96 Å². The molecule has 0 aliphatic heterocycles. The third kappa shape index (κ3) is 4.51. The van der Waals surface area contributed by atoms with Crippen molar-refractivity contribution in [1.29, 1.82) is 0 Å². The first-order valence-corrected chi connectivity index (χ1v) is 3.59. The summed E-state index contributed by atoms with van der Waals surface area (Å²) in [4.78, 5) is 13.5. The molecule has 0 saturated heterocycles. The maximum atomic E-state index is 10.3. The molecule has 0 atom stereocenters. The summed E-state index contributed by atoms with van der Waals surface area (Å²) < 4.78 is 0. The Morgan fingerprint density at radius 1 is 1.50 bits per heavy atom. The number of guanidine groups is 1. The zero-order chi connectivity index (χ0) is 9.72. The normalized spacial score (nSPS) is 11.8. The van der Waals surface area contributed by atoms with Gasteiger partial charge < -0.3 is 11.5 Å². The maximum Gasteiger partial charge on any atom is 0.341 e. The molecule has 0 aliphatic carbocycles. The predicted octanol–water partition coefficient (Wildman–Crippen LogP) is -0.788. The van der Waals surface area contributed by atoms with E-state index in [9.17, 15) is 4.79 Å². The fourth-order valence-corrected chi connectivity index (χ4v) is 0.664. The van der Waals surface area contributed by atoms with Crippen molar-refractivity contribution in [2.75, 3.05) is 6.54 Å². The summed E-state index contributed by atoms with van der Waals surface area (Å²) >= 11 is 0. The van der Waals surface area contributed by atoms with Crippen molar-refractivity contribution in [3.05, 3.63) is 0 Å². The number of urea groups is 1. The van der Waals surface area contributed by atoms with Gasteiger partial charge >= 0.3 is 6.03 Å². The second-order valence-corrected chi connectivity index (χ2v) is 2.85. The number of primary amides is 1. The molecule has 2 amide bonds. The first kappa shape index (κ1) is 10.7. The molecule has 0 unspecified atom stereocenters. The number of nitrogens with two attached hydrogens (primary N) is 3. The van der Waals surface area contributed by atoms with Crippen molar-refractivity contribution in [1.82, 2.24) is 5.01 Å². The fourth-order valence-electron chi connectivity index (χ4n) is 0.664. The van der Waals surface area contributed by atoms with Crippen LogP contribution in [0.4, 0.5) is 4.79 Å². The molecule has 0 aromatic heterocycles. The lowest BCUT2D eigenvalue weighted by Crippen LogP contribution is -2.45. The van der Waals surface area contributed by atoms with E-state index in [-0.39, 0.29) is 5.96 Å². The third-order valence-corrected chi connectivity index (χ3v) is 1.08. The molecule has 0 fully saturated rings. The Hall–Kier alpha value is -1.30. The Morgan fingerprint density at radius 2 is 2.00 bits per heavy atom. The van der Waals surface area contributed by atoms with Gasteiger partial charge in [-0.3, -0.25) is 5.01 Å². The number of carbonyl (C=O) groups excluding carboxylic acids is 1. The van der Waals surface area contributed by atoms with Crippen LogP contribution in [0.2, 0.25) is 0 Å². The molecule has 0 aliphatic rings. The highest BCUT2D eigenvalue weighted by molar-refractivity contribution is 5.90. The number of amides is 2. The average molecular weight is 173 g/mol. The van der Waals surface area contributed by atoms with Gasteiger partial charge in [0.1, 0.15) is 0 Å². The minimum Gasteiger partial charge on any atom is -0.368 e. The SMILES string of the molecule is CC(C)CN(N)/C(N)=N/C(N)=O. The third-order valence-electron chi connectivity index (χ3n) is 1.08. The fraction of sp³-hybridized carbons (Fsp3) is 0.667. The van der Waals surface area contributed by atoms with Crippen molar-refractivity contribution < 1.29 is 4.79 Å². The van der Waals surface area contributed by atoms with Crippen LogP contribution in [-0.4, -0.2) is 23.5 Å². The molecule has 0 spiro atoms. The van der Waals surface area contributed by atoms with Crippen molar-refractivity contribution in [2.24, 2.45) is 28.2 Å². The molecule has 6 N–H and O–H groups in total. The van der Waals surface area contributed by atoms with Crippen LogP contribution in [0.3, 0.4) is 0 Å². The predicted molar refractivity (Wildman–Crippen MR) is 46.9 cm³/mol. The molecule has 0 bridgehead atoms. The van der Waals surface area contributed by atoms with Crippen molar-refractivity contribution in [3.8, 4) is 0 Å². The van der Waals surface area contributed by atoms with Gasteiger partial charge in [0.25, 0.3) is 0 Å². The van der Waals surface area contributed by atoms with Gasteiger partial charge in [-0.05, 0) is 5.92 Å². The summed E-state index contributed by atoms with van der Waals surface area (Å²) in [5.41, 5.74) is 10.1. The lowest BCUT2D eigenvalue weighted by Gasteiger charge is -2.18. The molecule has 0 radical (unpaired) electrons. The van der Waals surface area contributed by atoms with E-state index in [1.54, 1.807) is 0 Å². The molecule has 0 heterocycles. The minimum atomic E-state index is -0.841. The highest BCUT2D eigenvalue weighted by atomic mass is 16.2. The van der Waals surface area contributed by atoms with Gasteiger partial charge in [-0.15, -0.1) is 0 Å². The molecule has 6 heteroatoms. The molecular weight excluding hydrogens is 158 g/mol. The molecule has 0 aromatic carbocycles. The van der Waals surface area contributed by atoms with Gasteiger partial charge in [0, 0.05) is 6.54 Å². The number of carbonyl (C=O) groups is 1. The Morgan fingerprint density at radius 3 is 2.33 bits per heavy atom. The summed E-state index contributed by atoms with van der Waals surface area (Å²) in [7, 11) is 0. The lowest BCUT2D eigenvalue weighted by atomic mass is 10.2. The van der Waals surface area contributed by atoms with Crippen LogP contribution in [0.15, 0.2) is 4.99 Å². The van der Waals surface area contributed by atoms with Crippen molar-refractivity contribution >= 4 is 12.0 Å². The van der Waals surface area contributed by atoms with Gasteiger partial charge in [-0.2, -0.15) is 4.99 Å². The van der Waals surface area contributed by atoms with E-state index < -0.39 is 6.03 Å². The van der Waals surface area contributed by atoms with E-state index in [1.807, 2.05) is 13.8 Å². The molecule has 0 aromatic rings. The summed E-state index contributed by atoms with van der Waals surface area (Å²) in [6, 6.07) is -0.841. The van der Waals surface area contributed by atoms with Crippen molar-refractivity contribution in [3.63, 3.8) is 0 Å². The first-order chi connectivity index (χ1) is 5.43. The number of nitrogens with zero attached hydrogens (tertiary/aromatic N) is 2. The Labute approximate surface area is 71.4 Å². The van der Waals surface area contributed by atoms with E-state index in [1.165, 1.54) is 5.01 Å². The molecule has 70 valence electrons. The number of hydrogen-bond acceptors (Lipinski definition) is 2. The quantitative estimate of drug-likeness (QED) is 0.220. The second kappa shape index (κ2) is 4.55. The monoisotopic (exact) mass is 173 g/mol. The van der Waals surface area contributed by atoms with Crippen LogP contribution >= 0.6 is 0 Å². The number of rotatable bonds is 2. The van der Waals surface area contributed by atoms with E-state index in [0.717, 1.165) is 0 Å². The van der Waals surface area contributed by atoms with Gasteiger partial charge in [-0.25, -0.2) is 10.6 Å². The van der Waals surface area contributed by atoms with E-state index in [2.05, 4.69) is 4.99 Å².